The highest BCUT2D eigenvalue weighted by molar-refractivity contribution is 6.31. The molecule has 1 N–H and O–H groups in total. The second-order valence-corrected chi connectivity index (χ2v) is 8.29. The van der Waals surface area contributed by atoms with Gasteiger partial charge in [-0.15, -0.1) is 0 Å². The Morgan fingerprint density at radius 2 is 1.93 bits per heavy atom. The second-order valence-electron chi connectivity index (χ2n) is 7.86. The van der Waals surface area contributed by atoms with Crippen molar-refractivity contribution in [1.29, 1.82) is 0 Å². The first kappa shape index (κ1) is 20.6. The predicted molar refractivity (Wildman–Crippen MR) is 122 cm³/mol. The van der Waals surface area contributed by atoms with Crippen molar-refractivity contribution in [1.82, 2.24) is 19.7 Å². The normalized spacial score (nSPS) is 15.2. The number of piperazine rings is 1. The minimum atomic E-state index is -0.211. The number of fused-ring (bicyclic) bond motifs is 1. The van der Waals surface area contributed by atoms with Crippen molar-refractivity contribution in [2.24, 2.45) is 0 Å². The van der Waals surface area contributed by atoms with Crippen LogP contribution in [0, 0.1) is 0 Å². The average Bonchev–Trinajstić information content (AvgIpc) is 3.17. The number of hydrogen-bond acceptors (Lipinski definition) is 5. The summed E-state index contributed by atoms with van der Waals surface area (Å²) in [5.74, 6) is -0.211. The molecule has 7 nitrogen and oxygen atoms in total. The lowest BCUT2D eigenvalue weighted by atomic mass is 10.2. The van der Waals surface area contributed by atoms with Gasteiger partial charge in [0, 0.05) is 48.8 Å². The second kappa shape index (κ2) is 8.62. The molecule has 158 valence electrons. The van der Waals surface area contributed by atoms with Gasteiger partial charge >= 0.3 is 0 Å². The van der Waals surface area contributed by atoms with Crippen molar-refractivity contribution in [2.75, 3.05) is 42.9 Å². The number of amides is 1. The molecule has 3 aromatic rings. The van der Waals surface area contributed by atoms with Crippen LogP contribution in [0.15, 0.2) is 36.7 Å². The first-order valence-electron chi connectivity index (χ1n) is 10.4. The molecule has 0 spiro atoms. The molecule has 1 amide bonds. The Labute approximate surface area is 181 Å². The van der Waals surface area contributed by atoms with Gasteiger partial charge in [0.25, 0.3) is 5.91 Å². The summed E-state index contributed by atoms with van der Waals surface area (Å²) in [6.07, 6.45) is 3.35. The summed E-state index contributed by atoms with van der Waals surface area (Å²) >= 11 is 6.24. The van der Waals surface area contributed by atoms with Gasteiger partial charge in [0.15, 0.2) is 5.65 Å². The van der Waals surface area contributed by atoms with Crippen LogP contribution in [0.25, 0.3) is 11.0 Å². The highest BCUT2D eigenvalue weighted by Gasteiger charge is 2.20. The number of nitrogens with one attached hydrogen (secondary N) is 1. The van der Waals surface area contributed by atoms with Crippen molar-refractivity contribution >= 4 is 39.9 Å². The summed E-state index contributed by atoms with van der Waals surface area (Å²) in [7, 11) is 0. The van der Waals surface area contributed by atoms with E-state index in [2.05, 4.69) is 46.0 Å². The smallest absolute Gasteiger partial charge is 0.257 e. The maximum Gasteiger partial charge on any atom is 0.257 e. The molecule has 30 heavy (non-hydrogen) atoms. The quantitative estimate of drug-likeness (QED) is 0.666. The number of likely N-dealkylation sites (N-methyl/N-ethyl adjacent to an activating group) is 1. The van der Waals surface area contributed by atoms with Crippen molar-refractivity contribution < 1.29 is 4.79 Å². The predicted octanol–water partition coefficient (Wildman–Crippen LogP) is 4.06. The van der Waals surface area contributed by atoms with E-state index in [0.29, 0.717) is 10.6 Å². The third kappa shape index (κ3) is 4.13. The zero-order valence-corrected chi connectivity index (χ0v) is 18.4. The summed E-state index contributed by atoms with van der Waals surface area (Å²) in [5, 5.41) is 8.85. The van der Waals surface area contributed by atoms with Crippen LogP contribution in [0.2, 0.25) is 5.02 Å². The molecule has 1 aliphatic heterocycles. The fraction of sp³-hybridized carbons (Fsp3) is 0.409. The number of halogens is 1. The molecule has 0 atom stereocenters. The van der Waals surface area contributed by atoms with E-state index >= 15 is 0 Å². The van der Waals surface area contributed by atoms with Gasteiger partial charge in [-0.05, 0) is 44.7 Å². The summed E-state index contributed by atoms with van der Waals surface area (Å²) < 4.78 is 1.85. The van der Waals surface area contributed by atoms with Crippen molar-refractivity contribution in [2.45, 2.75) is 26.8 Å². The molecule has 1 aliphatic rings. The summed E-state index contributed by atoms with van der Waals surface area (Å²) in [5.41, 5.74) is 2.98. The van der Waals surface area contributed by atoms with Crippen LogP contribution in [-0.2, 0) is 0 Å². The van der Waals surface area contributed by atoms with E-state index in [1.54, 1.807) is 12.4 Å². The van der Waals surface area contributed by atoms with Crippen LogP contribution < -0.4 is 10.2 Å². The van der Waals surface area contributed by atoms with E-state index in [-0.39, 0.29) is 11.9 Å². The van der Waals surface area contributed by atoms with Gasteiger partial charge in [-0.2, -0.15) is 5.10 Å². The van der Waals surface area contributed by atoms with Crippen molar-refractivity contribution in [3.05, 3.63) is 47.2 Å². The Kier molecular flexibility index (Phi) is 5.92. The van der Waals surface area contributed by atoms with Gasteiger partial charge in [0.05, 0.1) is 23.1 Å². The first-order valence-corrected chi connectivity index (χ1v) is 10.8. The number of carbonyl (C=O) groups is 1. The fourth-order valence-corrected chi connectivity index (χ4v) is 4.00. The van der Waals surface area contributed by atoms with Crippen LogP contribution in [0.4, 0.5) is 11.4 Å². The SMILES string of the molecule is CCN1CCN(c2ccc(Cl)cc2NC(=O)c2cnc3c(cnn3C(C)C)c2)CC1. The number of aromatic nitrogens is 3. The average molecular weight is 427 g/mol. The van der Waals surface area contributed by atoms with Crippen LogP contribution >= 0.6 is 11.6 Å². The Bertz CT molecular complexity index is 1050. The molecule has 0 radical (unpaired) electrons. The summed E-state index contributed by atoms with van der Waals surface area (Å²) in [6.45, 7) is 11.2. The van der Waals surface area contributed by atoms with Gasteiger partial charge in [0.2, 0.25) is 0 Å². The first-order chi connectivity index (χ1) is 14.5. The van der Waals surface area contributed by atoms with E-state index in [4.69, 9.17) is 11.6 Å². The molecule has 0 saturated carbocycles. The maximum absolute atomic E-state index is 13.0. The molecule has 0 aliphatic carbocycles. The zero-order chi connectivity index (χ0) is 21.3. The van der Waals surface area contributed by atoms with Gasteiger partial charge in [-0.25, -0.2) is 9.67 Å². The van der Waals surface area contributed by atoms with Crippen LogP contribution in [0.5, 0.6) is 0 Å². The van der Waals surface area contributed by atoms with E-state index in [1.807, 2.05) is 28.9 Å². The van der Waals surface area contributed by atoms with Gasteiger partial charge in [0.1, 0.15) is 0 Å². The lowest BCUT2D eigenvalue weighted by molar-refractivity contribution is 0.102. The number of benzene rings is 1. The van der Waals surface area contributed by atoms with Crippen LogP contribution in [0.1, 0.15) is 37.2 Å². The number of carbonyl (C=O) groups excluding carboxylic acids is 1. The molecular weight excluding hydrogens is 400 g/mol. The van der Waals surface area contributed by atoms with E-state index in [9.17, 15) is 4.79 Å². The number of anilines is 2. The monoisotopic (exact) mass is 426 g/mol. The molecule has 1 fully saturated rings. The van der Waals surface area contributed by atoms with Crippen molar-refractivity contribution in [3.8, 4) is 0 Å². The Morgan fingerprint density at radius 1 is 1.17 bits per heavy atom. The van der Waals surface area contributed by atoms with Gasteiger partial charge in [-0.3, -0.25) is 4.79 Å². The summed E-state index contributed by atoms with van der Waals surface area (Å²) in [4.78, 5) is 22.2. The molecule has 0 unspecified atom stereocenters. The molecule has 0 bridgehead atoms. The van der Waals surface area contributed by atoms with E-state index in [0.717, 1.165) is 55.1 Å². The van der Waals surface area contributed by atoms with Gasteiger partial charge < -0.3 is 15.1 Å². The molecule has 1 saturated heterocycles. The molecule has 3 heterocycles. The largest absolute Gasteiger partial charge is 0.367 e. The summed E-state index contributed by atoms with van der Waals surface area (Å²) in [6, 6.07) is 7.69. The standard InChI is InChI=1S/C22H27ClN6O/c1-4-27-7-9-28(10-8-27)20-6-5-18(23)12-19(20)26-22(30)17-11-16-14-25-29(15(2)3)21(16)24-13-17/h5-6,11-15H,4,7-10H2,1-3H3,(H,26,30). The third-order valence-electron chi connectivity index (χ3n) is 5.55. The zero-order valence-electron chi connectivity index (χ0n) is 17.6. The number of hydrogen-bond donors (Lipinski definition) is 1. The molecule has 4 rings (SSSR count). The minimum Gasteiger partial charge on any atom is -0.367 e. The molecule has 8 heteroatoms. The van der Waals surface area contributed by atoms with Crippen LogP contribution in [0.3, 0.4) is 0 Å². The lowest BCUT2D eigenvalue weighted by Gasteiger charge is -2.36. The Hall–Kier alpha value is -2.64. The highest BCUT2D eigenvalue weighted by Crippen LogP contribution is 2.30. The minimum absolute atomic E-state index is 0.205. The molecular formula is C22H27ClN6O. The maximum atomic E-state index is 13.0. The van der Waals surface area contributed by atoms with Gasteiger partial charge in [-0.1, -0.05) is 18.5 Å². The van der Waals surface area contributed by atoms with E-state index in [1.165, 1.54) is 0 Å². The number of pyridine rings is 1. The molecule has 2 aromatic heterocycles. The molecule has 1 aromatic carbocycles. The Morgan fingerprint density at radius 3 is 2.63 bits per heavy atom. The lowest BCUT2D eigenvalue weighted by Crippen LogP contribution is -2.46. The van der Waals surface area contributed by atoms with E-state index < -0.39 is 0 Å². The third-order valence-corrected chi connectivity index (χ3v) is 5.79. The Balaban J connectivity index is 1.57. The topological polar surface area (TPSA) is 66.3 Å². The fourth-order valence-electron chi connectivity index (χ4n) is 3.83. The van der Waals surface area contributed by atoms with Crippen molar-refractivity contribution in [3.63, 3.8) is 0 Å². The van der Waals surface area contributed by atoms with Crippen LogP contribution in [-0.4, -0.2) is 58.3 Å². The number of nitrogens with zero attached hydrogens (tertiary/aromatic N) is 5. The highest BCUT2D eigenvalue weighted by atomic mass is 35.5. The number of rotatable bonds is 5.